The molecule has 110 valence electrons. The van der Waals surface area contributed by atoms with Crippen LogP contribution in [-0.4, -0.2) is 17.1 Å². The Balaban J connectivity index is 2.37. The van der Waals surface area contributed by atoms with Gasteiger partial charge in [0.2, 0.25) is 0 Å². The number of aliphatic hydroxyl groups excluding tert-OH is 1. The zero-order valence-corrected chi connectivity index (χ0v) is 12.7. The first-order chi connectivity index (χ1) is 10.0. The Morgan fingerprint density at radius 2 is 1.90 bits per heavy atom. The molecular weight excluding hydrogens is 342 g/mol. The average molecular weight is 354 g/mol. The summed E-state index contributed by atoms with van der Waals surface area (Å²) in [5.41, 5.74) is 0.502. The number of methoxy groups -OCH3 is 1. The number of nitro benzene ring substituents is 1. The number of benzene rings is 2. The molecule has 0 atom stereocenters. The number of rotatable bonds is 5. The maximum Gasteiger partial charge on any atom is 0.273 e. The summed E-state index contributed by atoms with van der Waals surface area (Å²) in [5, 5.41) is 20.1. The second kappa shape index (κ2) is 6.55. The van der Waals surface area contributed by atoms with E-state index in [9.17, 15) is 15.2 Å². The minimum absolute atomic E-state index is 0.0858. The second-order valence-electron chi connectivity index (χ2n) is 4.10. The van der Waals surface area contributed by atoms with Gasteiger partial charge < -0.3 is 14.6 Å². The van der Waals surface area contributed by atoms with E-state index in [1.165, 1.54) is 25.3 Å². The minimum Gasteiger partial charge on any atom is -0.493 e. The lowest BCUT2D eigenvalue weighted by Gasteiger charge is -2.12. The topological polar surface area (TPSA) is 81.8 Å². The van der Waals surface area contributed by atoms with Gasteiger partial charge in [-0.05, 0) is 24.3 Å². The largest absolute Gasteiger partial charge is 0.493 e. The monoisotopic (exact) mass is 353 g/mol. The number of hydrogen-bond donors (Lipinski definition) is 1. The zero-order valence-electron chi connectivity index (χ0n) is 11.1. The molecule has 0 unspecified atom stereocenters. The van der Waals surface area contributed by atoms with Crippen LogP contribution in [0, 0.1) is 10.1 Å². The second-order valence-corrected chi connectivity index (χ2v) is 5.02. The summed E-state index contributed by atoms with van der Waals surface area (Å²) in [6.45, 7) is -0.190. The summed E-state index contributed by atoms with van der Waals surface area (Å²) >= 11 is 3.31. The van der Waals surface area contributed by atoms with Gasteiger partial charge in [-0.15, -0.1) is 0 Å². The molecule has 0 saturated carbocycles. The predicted molar refractivity (Wildman–Crippen MR) is 79.8 cm³/mol. The van der Waals surface area contributed by atoms with Crippen molar-refractivity contribution in [1.29, 1.82) is 0 Å². The van der Waals surface area contributed by atoms with Crippen LogP contribution in [-0.2, 0) is 6.61 Å². The fourth-order valence-electron chi connectivity index (χ4n) is 1.74. The average Bonchev–Trinajstić information content (AvgIpc) is 2.49. The molecule has 1 N–H and O–H groups in total. The molecule has 0 saturated heterocycles. The number of halogens is 1. The van der Waals surface area contributed by atoms with Gasteiger partial charge in [-0.1, -0.05) is 15.9 Å². The van der Waals surface area contributed by atoms with Crippen LogP contribution in [0.15, 0.2) is 40.9 Å². The van der Waals surface area contributed by atoms with Gasteiger partial charge >= 0.3 is 0 Å². The van der Waals surface area contributed by atoms with E-state index >= 15 is 0 Å². The normalized spacial score (nSPS) is 10.2. The van der Waals surface area contributed by atoms with Crippen molar-refractivity contribution in [2.45, 2.75) is 6.61 Å². The Morgan fingerprint density at radius 3 is 2.52 bits per heavy atom. The zero-order chi connectivity index (χ0) is 15.4. The van der Waals surface area contributed by atoms with Gasteiger partial charge in [-0.3, -0.25) is 10.1 Å². The lowest BCUT2D eigenvalue weighted by atomic mass is 10.2. The van der Waals surface area contributed by atoms with Gasteiger partial charge in [0.15, 0.2) is 11.5 Å². The van der Waals surface area contributed by atoms with Crippen LogP contribution in [0.5, 0.6) is 17.2 Å². The van der Waals surface area contributed by atoms with Crippen LogP contribution in [0.2, 0.25) is 0 Å². The molecule has 0 aliphatic rings. The summed E-state index contributed by atoms with van der Waals surface area (Å²) < 4.78 is 11.6. The van der Waals surface area contributed by atoms with Crippen LogP contribution in [0.3, 0.4) is 0 Å². The first-order valence-electron chi connectivity index (χ1n) is 5.94. The Kier molecular flexibility index (Phi) is 4.77. The smallest absolute Gasteiger partial charge is 0.273 e. The highest BCUT2D eigenvalue weighted by molar-refractivity contribution is 9.10. The summed E-state index contributed by atoms with van der Waals surface area (Å²) in [5.74, 6) is 1.03. The summed E-state index contributed by atoms with van der Waals surface area (Å²) in [6.07, 6.45) is 0. The molecule has 6 nitrogen and oxygen atoms in total. The fraction of sp³-hybridized carbons (Fsp3) is 0.143. The minimum atomic E-state index is -0.509. The molecule has 0 amide bonds. The SMILES string of the molecule is COc1cc([N+](=O)[O-])ccc1Oc1ccc(Br)cc1CO. The van der Waals surface area contributed by atoms with Gasteiger partial charge in [0.25, 0.3) is 5.69 Å². The maximum atomic E-state index is 10.7. The number of aliphatic hydroxyl groups is 1. The summed E-state index contributed by atoms with van der Waals surface area (Å²) in [7, 11) is 1.40. The number of ether oxygens (including phenoxy) is 2. The van der Waals surface area contributed by atoms with Crippen molar-refractivity contribution in [3.8, 4) is 17.2 Å². The van der Waals surface area contributed by atoms with Crippen molar-refractivity contribution in [2.24, 2.45) is 0 Å². The first-order valence-corrected chi connectivity index (χ1v) is 6.74. The van der Waals surface area contributed by atoms with Crippen molar-refractivity contribution < 1.29 is 19.5 Å². The predicted octanol–water partition coefficient (Wildman–Crippen LogP) is 3.65. The molecule has 0 aliphatic heterocycles. The van der Waals surface area contributed by atoms with E-state index in [1.807, 2.05) is 0 Å². The van der Waals surface area contributed by atoms with Crippen LogP contribution >= 0.6 is 15.9 Å². The van der Waals surface area contributed by atoms with Crippen molar-refractivity contribution in [2.75, 3.05) is 7.11 Å². The summed E-state index contributed by atoms with van der Waals surface area (Å²) in [6, 6.07) is 9.26. The fourth-order valence-corrected chi connectivity index (χ4v) is 2.15. The highest BCUT2D eigenvalue weighted by Crippen LogP contribution is 2.36. The van der Waals surface area contributed by atoms with Gasteiger partial charge in [-0.2, -0.15) is 0 Å². The quantitative estimate of drug-likeness (QED) is 0.655. The molecule has 0 radical (unpaired) electrons. The number of hydrogen-bond acceptors (Lipinski definition) is 5. The van der Waals surface area contributed by atoms with Crippen molar-refractivity contribution >= 4 is 21.6 Å². The maximum absolute atomic E-state index is 10.7. The van der Waals surface area contributed by atoms with Gasteiger partial charge in [0, 0.05) is 16.1 Å². The van der Waals surface area contributed by atoms with Crippen LogP contribution < -0.4 is 9.47 Å². The Labute approximate surface area is 129 Å². The molecule has 0 spiro atoms. The molecule has 2 aromatic carbocycles. The van der Waals surface area contributed by atoms with Gasteiger partial charge in [0.1, 0.15) is 5.75 Å². The highest BCUT2D eigenvalue weighted by Gasteiger charge is 2.14. The van der Waals surface area contributed by atoms with Crippen molar-refractivity contribution in [3.63, 3.8) is 0 Å². The molecular formula is C14H12BrNO5. The Morgan fingerprint density at radius 1 is 1.19 bits per heavy atom. The van der Waals surface area contributed by atoms with E-state index in [-0.39, 0.29) is 18.0 Å². The molecule has 0 bridgehead atoms. The molecule has 7 heteroatoms. The van der Waals surface area contributed by atoms with E-state index in [0.717, 1.165) is 4.47 Å². The molecule has 21 heavy (non-hydrogen) atoms. The molecule has 0 fully saturated rings. The molecule has 0 aliphatic carbocycles. The number of non-ortho nitro benzene ring substituents is 1. The van der Waals surface area contributed by atoms with Crippen LogP contribution in [0.1, 0.15) is 5.56 Å². The van der Waals surface area contributed by atoms with Crippen molar-refractivity contribution in [1.82, 2.24) is 0 Å². The third-order valence-electron chi connectivity index (χ3n) is 2.77. The van der Waals surface area contributed by atoms with Gasteiger partial charge in [-0.25, -0.2) is 0 Å². The van der Waals surface area contributed by atoms with E-state index in [2.05, 4.69) is 15.9 Å². The third-order valence-corrected chi connectivity index (χ3v) is 3.26. The van der Waals surface area contributed by atoms with Crippen molar-refractivity contribution in [3.05, 3.63) is 56.5 Å². The van der Waals surface area contributed by atoms with E-state index in [4.69, 9.17) is 9.47 Å². The first kappa shape index (κ1) is 15.3. The molecule has 2 aromatic rings. The van der Waals surface area contributed by atoms with E-state index in [0.29, 0.717) is 17.1 Å². The van der Waals surface area contributed by atoms with Gasteiger partial charge in [0.05, 0.1) is 24.7 Å². The Hall–Kier alpha value is -2.12. The van der Waals surface area contributed by atoms with Crippen LogP contribution in [0.4, 0.5) is 5.69 Å². The molecule has 2 rings (SSSR count). The lowest BCUT2D eigenvalue weighted by molar-refractivity contribution is -0.384. The summed E-state index contributed by atoms with van der Waals surface area (Å²) in [4.78, 5) is 10.2. The molecule has 0 heterocycles. The molecule has 0 aromatic heterocycles. The highest BCUT2D eigenvalue weighted by atomic mass is 79.9. The van der Waals surface area contributed by atoms with Crippen LogP contribution in [0.25, 0.3) is 0 Å². The standard InChI is InChI=1S/C14H12BrNO5/c1-20-14-7-11(16(18)19)3-5-13(14)21-12-4-2-10(15)6-9(12)8-17/h2-7,17H,8H2,1H3. The third kappa shape index (κ3) is 3.50. The lowest BCUT2D eigenvalue weighted by Crippen LogP contribution is -1.96. The number of nitrogens with zero attached hydrogens (tertiary/aromatic N) is 1. The van der Waals surface area contributed by atoms with E-state index in [1.54, 1.807) is 18.2 Å². The Bertz CT molecular complexity index is 674. The number of nitro groups is 1. The van der Waals surface area contributed by atoms with E-state index < -0.39 is 4.92 Å².